The molecule has 18 heavy (non-hydrogen) atoms. The Morgan fingerprint density at radius 3 is 3.06 bits per heavy atom. The van der Waals surface area contributed by atoms with Crippen molar-refractivity contribution < 1.29 is 14.6 Å². The zero-order valence-corrected chi connectivity index (χ0v) is 10.5. The summed E-state index contributed by atoms with van der Waals surface area (Å²) in [5, 5.41) is 12.0. The fraction of sp³-hybridized carbons (Fsp3) is 0.909. The molecule has 1 aliphatic rings. The number of morpholine rings is 1. The van der Waals surface area contributed by atoms with E-state index in [0.29, 0.717) is 13.2 Å². The number of aliphatic carboxylic acids is 1. The van der Waals surface area contributed by atoms with Crippen LogP contribution in [-0.2, 0) is 9.53 Å². The maximum Gasteiger partial charge on any atom is 0.303 e. The van der Waals surface area contributed by atoms with Crippen LogP contribution in [-0.4, -0.2) is 54.9 Å². The Morgan fingerprint density at radius 1 is 1.50 bits per heavy atom. The van der Waals surface area contributed by atoms with Crippen LogP contribution in [0.4, 0.5) is 0 Å². The van der Waals surface area contributed by atoms with E-state index in [1.54, 1.807) is 0 Å². The maximum absolute atomic E-state index is 10.3. The van der Waals surface area contributed by atoms with Crippen molar-refractivity contribution in [3.05, 3.63) is 10.4 Å². The van der Waals surface area contributed by atoms with Crippen molar-refractivity contribution in [1.29, 1.82) is 0 Å². The molecule has 1 fully saturated rings. The minimum Gasteiger partial charge on any atom is -0.481 e. The highest BCUT2D eigenvalue weighted by atomic mass is 16.5. The second-order valence-electron chi connectivity index (χ2n) is 4.41. The van der Waals surface area contributed by atoms with Gasteiger partial charge in [0.2, 0.25) is 0 Å². The van der Waals surface area contributed by atoms with E-state index in [9.17, 15) is 4.79 Å². The van der Waals surface area contributed by atoms with E-state index in [4.69, 9.17) is 15.4 Å². The van der Waals surface area contributed by atoms with Crippen molar-refractivity contribution in [2.45, 2.75) is 31.8 Å². The zero-order chi connectivity index (χ0) is 13.2. The summed E-state index contributed by atoms with van der Waals surface area (Å²) in [4.78, 5) is 15.3. The highest BCUT2D eigenvalue weighted by Crippen LogP contribution is 2.08. The van der Waals surface area contributed by atoms with E-state index in [1.165, 1.54) is 0 Å². The van der Waals surface area contributed by atoms with Crippen LogP contribution in [0.15, 0.2) is 5.11 Å². The predicted octanol–water partition coefficient (Wildman–Crippen LogP) is 1.64. The number of carboxylic acid groups (broad SMARTS) is 1. The summed E-state index contributed by atoms with van der Waals surface area (Å²) in [6.45, 7) is 3.69. The molecule has 1 rings (SSSR count). The third-order valence-corrected chi connectivity index (χ3v) is 2.94. The normalized spacial score (nSPS) is 20.3. The summed E-state index contributed by atoms with van der Waals surface area (Å²) in [7, 11) is 0. The molecule has 0 aromatic heterocycles. The third kappa shape index (κ3) is 6.44. The number of azide groups is 1. The molecule has 0 bridgehead atoms. The first-order chi connectivity index (χ1) is 8.72. The van der Waals surface area contributed by atoms with E-state index >= 15 is 0 Å². The van der Waals surface area contributed by atoms with Gasteiger partial charge in [0.05, 0.1) is 19.3 Å². The molecule has 7 nitrogen and oxygen atoms in total. The standard InChI is InChI=1S/C11H20N4O3/c12-14-13-8-10-9-15(6-7-18-10)5-3-1-2-4-11(16)17/h10H,1-9H2,(H,16,17). The molecular weight excluding hydrogens is 236 g/mol. The van der Waals surface area contributed by atoms with E-state index in [0.717, 1.165) is 38.9 Å². The van der Waals surface area contributed by atoms with Gasteiger partial charge in [0.15, 0.2) is 0 Å². The second kappa shape index (κ2) is 8.74. The number of carbonyl (C=O) groups is 1. The van der Waals surface area contributed by atoms with Gasteiger partial charge in [0.1, 0.15) is 0 Å². The molecule has 7 heteroatoms. The fourth-order valence-corrected chi connectivity index (χ4v) is 2.01. The van der Waals surface area contributed by atoms with Crippen LogP contribution < -0.4 is 0 Å². The van der Waals surface area contributed by atoms with Gasteiger partial charge in [-0.05, 0) is 24.9 Å². The lowest BCUT2D eigenvalue weighted by atomic mass is 10.1. The highest BCUT2D eigenvalue weighted by molar-refractivity contribution is 5.66. The largest absolute Gasteiger partial charge is 0.481 e. The smallest absolute Gasteiger partial charge is 0.303 e. The molecule has 0 saturated carbocycles. The monoisotopic (exact) mass is 256 g/mol. The number of rotatable bonds is 8. The minimum atomic E-state index is -0.726. The van der Waals surface area contributed by atoms with E-state index in [2.05, 4.69) is 14.9 Å². The molecule has 102 valence electrons. The van der Waals surface area contributed by atoms with Gasteiger partial charge in [-0.1, -0.05) is 11.5 Å². The van der Waals surface area contributed by atoms with Gasteiger partial charge in [0, 0.05) is 24.4 Å². The first-order valence-electron chi connectivity index (χ1n) is 6.29. The van der Waals surface area contributed by atoms with Gasteiger partial charge in [0.25, 0.3) is 0 Å². The van der Waals surface area contributed by atoms with Crippen LogP contribution in [0.3, 0.4) is 0 Å². The van der Waals surface area contributed by atoms with Gasteiger partial charge in [-0.3, -0.25) is 9.69 Å². The van der Waals surface area contributed by atoms with Gasteiger partial charge in [-0.15, -0.1) is 0 Å². The van der Waals surface area contributed by atoms with Crippen molar-refractivity contribution in [2.75, 3.05) is 32.8 Å². The zero-order valence-electron chi connectivity index (χ0n) is 10.5. The summed E-state index contributed by atoms with van der Waals surface area (Å²) in [5.74, 6) is -0.726. The lowest BCUT2D eigenvalue weighted by molar-refractivity contribution is -0.137. The van der Waals surface area contributed by atoms with E-state index in [1.807, 2.05) is 0 Å². The highest BCUT2D eigenvalue weighted by Gasteiger charge is 2.19. The lowest BCUT2D eigenvalue weighted by Gasteiger charge is -2.32. The first-order valence-corrected chi connectivity index (χ1v) is 6.29. The van der Waals surface area contributed by atoms with Crippen LogP contribution in [0.2, 0.25) is 0 Å². The van der Waals surface area contributed by atoms with Crippen molar-refractivity contribution in [3.8, 4) is 0 Å². The molecule has 1 N–H and O–H groups in total. The molecule has 1 saturated heterocycles. The molecule has 0 aromatic carbocycles. The molecule has 0 spiro atoms. The summed E-state index contributed by atoms with van der Waals surface area (Å²) < 4.78 is 5.48. The first kappa shape index (κ1) is 14.8. The third-order valence-electron chi connectivity index (χ3n) is 2.94. The average Bonchev–Trinajstić information content (AvgIpc) is 2.36. The Bertz CT molecular complexity index is 305. The van der Waals surface area contributed by atoms with E-state index in [-0.39, 0.29) is 12.5 Å². The minimum absolute atomic E-state index is 0.00586. The number of unbranched alkanes of at least 4 members (excludes halogenated alkanes) is 2. The van der Waals surface area contributed by atoms with Gasteiger partial charge >= 0.3 is 5.97 Å². The molecule has 1 heterocycles. The van der Waals surface area contributed by atoms with Crippen LogP contribution in [0.1, 0.15) is 25.7 Å². The van der Waals surface area contributed by atoms with Gasteiger partial charge in [-0.25, -0.2) is 0 Å². The molecule has 1 atom stereocenters. The lowest BCUT2D eigenvalue weighted by Crippen LogP contribution is -2.44. The molecular formula is C11H20N4O3. The molecule has 0 radical (unpaired) electrons. The molecule has 0 aromatic rings. The van der Waals surface area contributed by atoms with Crippen LogP contribution in [0.5, 0.6) is 0 Å². The second-order valence-corrected chi connectivity index (χ2v) is 4.41. The quantitative estimate of drug-likeness (QED) is 0.309. The Labute approximate surface area is 106 Å². The van der Waals surface area contributed by atoms with Crippen molar-refractivity contribution >= 4 is 5.97 Å². The Kier molecular flexibility index (Phi) is 7.17. The summed E-state index contributed by atoms with van der Waals surface area (Å²) in [6.07, 6.45) is 2.92. The Balaban J connectivity index is 2.10. The van der Waals surface area contributed by atoms with E-state index < -0.39 is 5.97 Å². The number of hydrogen-bond donors (Lipinski definition) is 1. The Hall–Kier alpha value is -1.30. The molecule has 1 unspecified atom stereocenters. The van der Waals surface area contributed by atoms with Crippen LogP contribution >= 0.6 is 0 Å². The SMILES string of the molecule is [N-]=[N+]=NCC1CN(CCCCCC(=O)O)CCO1. The fourth-order valence-electron chi connectivity index (χ4n) is 2.01. The number of hydrogen-bond acceptors (Lipinski definition) is 4. The number of nitrogens with zero attached hydrogens (tertiary/aromatic N) is 4. The van der Waals surface area contributed by atoms with Crippen LogP contribution in [0.25, 0.3) is 10.4 Å². The molecule has 0 amide bonds. The predicted molar refractivity (Wildman–Crippen MR) is 66.3 cm³/mol. The molecule has 1 aliphatic heterocycles. The topological polar surface area (TPSA) is 98.5 Å². The maximum atomic E-state index is 10.3. The van der Waals surface area contributed by atoms with Crippen LogP contribution in [0, 0.1) is 0 Å². The number of ether oxygens (including phenoxy) is 1. The van der Waals surface area contributed by atoms with Crippen molar-refractivity contribution in [3.63, 3.8) is 0 Å². The molecule has 0 aliphatic carbocycles. The van der Waals surface area contributed by atoms with Crippen molar-refractivity contribution in [1.82, 2.24) is 4.90 Å². The van der Waals surface area contributed by atoms with Gasteiger partial charge < -0.3 is 9.84 Å². The van der Waals surface area contributed by atoms with Crippen molar-refractivity contribution in [2.24, 2.45) is 5.11 Å². The summed E-state index contributed by atoms with van der Waals surface area (Å²) >= 11 is 0. The van der Waals surface area contributed by atoms with Gasteiger partial charge in [-0.2, -0.15) is 0 Å². The Morgan fingerprint density at radius 2 is 2.33 bits per heavy atom. The summed E-state index contributed by atoms with van der Waals surface area (Å²) in [6, 6.07) is 0. The number of carboxylic acids is 1. The average molecular weight is 256 g/mol. The summed E-state index contributed by atoms with van der Waals surface area (Å²) in [5.41, 5.74) is 8.25.